The van der Waals surface area contributed by atoms with E-state index in [4.69, 9.17) is 4.74 Å². The Morgan fingerprint density at radius 3 is 2.92 bits per heavy atom. The molecule has 0 radical (unpaired) electrons. The molecule has 0 N–H and O–H groups in total. The number of hydrogen-bond donors (Lipinski definition) is 0. The van der Waals surface area contributed by atoms with E-state index in [1.54, 1.807) is 42.0 Å². The van der Waals surface area contributed by atoms with E-state index in [0.29, 0.717) is 17.1 Å². The zero-order valence-corrected chi connectivity index (χ0v) is 15.5. The van der Waals surface area contributed by atoms with Crippen LogP contribution < -0.4 is 4.74 Å². The van der Waals surface area contributed by atoms with Gasteiger partial charge in [-0.3, -0.25) is 9.48 Å². The lowest BCUT2D eigenvalue weighted by Gasteiger charge is -2.17. The Balaban J connectivity index is 1.63. The summed E-state index contributed by atoms with van der Waals surface area (Å²) in [4.78, 5) is 22.4. The van der Waals surface area contributed by atoms with Crippen molar-refractivity contribution < 1.29 is 13.9 Å². The van der Waals surface area contributed by atoms with Crippen LogP contribution in [-0.4, -0.2) is 50.5 Å². The van der Waals surface area contributed by atoms with E-state index in [9.17, 15) is 9.18 Å². The number of amides is 1. The molecule has 0 spiro atoms. The number of benzene rings is 1. The highest BCUT2D eigenvalue weighted by Crippen LogP contribution is 2.24. The molecule has 0 fully saturated rings. The van der Waals surface area contributed by atoms with E-state index in [0.717, 1.165) is 11.0 Å². The number of ether oxygens (including phenoxy) is 1. The van der Waals surface area contributed by atoms with Crippen LogP contribution >= 0.6 is 11.8 Å². The van der Waals surface area contributed by atoms with Crippen LogP contribution in [-0.2, 0) is 18.4 Å². The monoisotopic (exact) mass is 375 g/mol. The third-order valence-corrected chi connectivity index (χ3v) is 4.88. The van der Waals surface area contributed by atoms with E-state index in [1.165, 1.54) is 31.3 Å². The second-order valence-corrected chi connectivity index (χ2v) is 6.66. The van der Waals surface area contributed by atoms with Crippen molar-refractivity contribution in [3.8, 4) is 5.75 Å². The molecule has 0 saturated carbocycles. The fourth-order valence-corrected chi connectivity index (χ4v) is 3.37. The van der Waals surface area contributed by atoms with Gasteiger partial charge in [0.05, 0.1) is 24.4 Å². The van der Waals surface area contributed by atoms with Crippen molar-refractivity contribution in [3.05, 3.63) is 42.1 Å². The first-order valence-corrected chi connectivity index (χ1v) is 8.80. The largest absolute Gasteiger partial charge is 0.494 e. The quantitative estimate of drug-likeness (QED) is 0.486. The normalized spacial score (nSPS) is 10.9. The summed E-state index contributed by atoms with van der Waals surface area (Å²) in [6, 6.07) is 4.67. The number of thioether (sulfide) groups is 1. The molecule has 0 aliphatic carbocycles. The van der Waals surface area contributed by atoms with Crippen LogP contribution in [0.15, 0.2) is 35.7 Å². The van der Waals surface area contributed by atoms with Crippen LogP contribution in [0.1, 0.15) is 5.56 Å². The highest BCUT2D eigenvalue weighted by molar-refractivity contribution is 8.00. The van der Waals surface area contributed by atoms with Crippen molar-refractivity contribution in [2.45, 2.75) is 11.6 Å². The molecule has 0 unspecified atom stereocenters. The maximum Gasteiger partial charge on any atom is 0.233 e. The number of rotatable bonds is 6. The maximum atomic E-state index is 13.8. The first-order chi connectivity index (χ1) is 12.5. The molecule has 0 aliphatic heterocycles. The molecule has 1 amide bonds. The summed E-state index contributed by atoms with van der Waals surface area (Å²) in [5, 5.41) is 5.68. The zero-order valence-electron chi connectivity index (χ0n) is 14.6. The van der Waals surface area contributed by atoms with Gasteiger partial charge in [-0.2, -0.15) is 5.10 Å². The Bertz CT molecular complexity index is 946. The molecule has 9 heteroatoms. The van der Waals surface area contributed by atoms with Crippen LogP contribution in [0.5, 0.6) is 5.75 Å². The van der Waals surface area contributed by atoms with Crippen molar-refractivity contribution in [2.75, 3.05) is 19.9 Å². The first-order valence-electron chi connectivity index (χ1n) is 7.81. The van der Waals surface area contributed by atoms with E-state index < -0.39 is 5.82 Å². The van der Waals surface area contributed by atoms with Crippen molar-refractivity contribution in [1.82, 2.24) is 24.6 Å². The standard InChI is InChI=1S/C17H18FN5O2S/c1-22(8-11-4-5-14(25-3)13(18)6-11)15(24)9-26-17-12-7-21-23(2)16(12)19-10-20-17/h4-7,10H,8-9H2,1-3H3. The fraction of sp³-hybridized carbons (Fsp3) is 0.294. The maximum absolute atomic E-state index is 13.8. The molecule has 2 aromatic heterocycles. The van der Waals surface area contributed by atoms with Gasteiger partial charge in [0.1, 0.15) is 11.4 Å². The van der Waals surface area contributed by atoms with Crippen LogP contribution in [0.3, 0.4) is 0 Å². The Kier molecular flexibility index (Phi) is 5.36. The Morgan fingerprint density at radius 1 is 1.38 bits per heavy atom. The van der Waals surface area contributed by atoms with E-state index in [1.807, 2.05) is 0 Å². The molecular formula is C17H18FN5O2S. The Morgan fingerprint density at radius 2 is 2.19 bits per heavy atom. The molecule has 7 nitrogen and oxygen atoms in total. The van der Waals surface area contributed by atoms with Crippen LogP contribution in [0.25, 0.3) is 11.0 Å². The number of nitrogens with zero attached hydrogens (tertiary/aromatic N) is 5. The van der Waals surface area contributed by atoms with Crippen LogP contribution in [0.2, 0.25) is 0 Å². The van der Waals surface area contributed by atoms with Crippen LogP contribution in [0, 0.1) is 5.82 Å². The smallest absolute Gasteiger partial charge is 0.233 e. The third-order valence-electron chi connectivity index (χ3n) is 3.89. The number of aryl methyl sites for hydroxylation is 1. The lowest BCUT2D eigenvalue weighted by atomic mass is 10.2. The lowest BCUT2D eigenvalue weighted by molar-refractivity contribution is -0.127. The third kappa shape index (κ3) is 3.77. The van der Waals surface area contributed by atoms with Crippen molar-refractivity contribution >= 4 is 28.7 Å². The van der Waals surface area contributed by atoms with Gasteiger partial charge in [-0.05, 0) is 17.7 Å². The summed E-state index contributed by atoms with van der Waals surface area (Å²) >= 11 is 1.33. The SMILES string of the molecule is COc1ccc(CN(C)C(=O)CSc2ncnc3c2cnn3C)cc1F. The summed E-state index contributed by atoms with van der Waals surface area (Å²) in [6.07, 6.45) is 3.15. The highest BCUT2D eigenvalue weighted by atomic mass is 32.2. The van der Waals surface area contributed by atoms with Crippen molar-refractivity contribution in [3.63, 3.8) is 0 Å². The number of hydrogen-bond acceptors (Lipinski definition) is 6. The number of methoxy groups -OCH3 is 1. The summed E-state index contributed by atoms with van der Waals surface area (Å²) in [5.74, 6) is -0.125. The van der Waals surface area contributed by atoms with Gasteiger partial charge in [0, 0.05) is 20.6 Å². The molecule has 0 aliphatic rings. The summed E-state index contributed by atoms with van der Waals surface area (Å²) in [6.45, 7) is 0.312. The van der Waals surface area contributed by atoms with Crippen molar-refractivity contribution in [1.29, 1.82) is 0 Å². The van der Waals surface area contributed by atoms with E-state index in [-0.39, 0.29) is 17.4 Å². The second-order valence-electron chi connectivity index (χ2n) is 5.69. The lowest BCUT2D eigenvalue weighted by Crippen LogP contribution is -2.27. The predicted molar refractivity (Wildman–Crippen MR) is 96.5 cm³/mol. The molecule has 136 valence electrons. The van der Waals surface area contributed by atoms with Gasteiger partial charge in [0.2, 0.25) is 5.91 Å². The minimum Gasteiger partial charge on any atom is -0.494 e. The van der Waals surface area contributed by atoms with Crippen molar-refractivity contribution in [2.24, 2.45) is 7.05 Å². The molecular weight excluding hydrogens is 357 g/mol. The summed E-state index contributed by atoms with van der Waals surface area (Å²) in [5.41, 5.74) is 1.41. The average Bonchev–Trinajstić information content (AvgIpc) is 3.01. The summed E-state index contributed by atoms with van der Waals surface area (Å²) < 4.78 is 20.3. The predicted octanol–water partition coefficient (Wildman–Crippen LogP) is 2.26. The average molecular weight is 375 g/mol. The minimum atomic E-state index is -0.444. The van der Waals surface area contributed by atoms with Gasteiger partial charge in [-0.25, -0.2) is 14.4 Å². The second kappa shape index (κ2) is 7.69. The molecule has 1 aromatic carbocycles. The van der Waals surface area contributed by atoms with Gasteiger partial charge in [-0.15, -0.1) is 0 Å². The number of carbonyl (C=O) groups is 1. The van der Waals surface area contributed by atoms with E-state index in [2.05, 4.69) is 15.1 Å². The molecule has 2 heterocycles. The molecule has 0 saturated heterocycles. The topological polar surface area (TPSA) is 73.1 Å². The summed E-state index contributed by atoms with van der Waals surface area (Å²) in [7, 11) is 4.90. The van der Waals surface area contributed by atoms with Gasteiger partial charge in [0.25, 0.3) is 0 Å². The number of aromatic nitrogens is 4. The molecule has 26 heavy (non-hydrogen) atoms. The molecule has 0 bridgehead atoms. The fourth-order valence-electron chi connectivity index (χ4n) is 2.47. The van der Waals surface area contributed by atoms with Crippen LogP contribution in [0.4, 0.5) is 4.39 Å². The minimum absolute atomic E-state index is 0.0816. The molecule has 0 atom stereocenters. The Hall–Kier alpha value is -2.68. The number of fused-ring (bicyclic) bond motifs is 1. The number of halogens is 1. The highest BCUT2D eigenvalue weighted by Gasteiger charge is 2.14. The molecule has 3 aromatic rings. The number of carbonyl (C=O) groups excluding carboxylic acids is 1. The van der Waals surface area contributed by atoms with Gasteiger partial charge in [0.15, 0.2) is 17.2 Å². The Labute approximate surface area is 154 Å². The van der Waals surface area contributed by atoms with Gasteiger partial charge >= 0.3 is 0 Å². The molecule has 3 rings (SSSR count). The van der Waals surface area contributed by atoms with Gasteiger partial charge < -0.3 is 9.64 Å². The zero-order chi connectivity index (χ0) is 18.7. The van der Waals surface area contributed by atoms with E-state index >= 15 is 0 Å². The van der Waals surface area contributed by atoms with Gasteiger partial charge in [-0.1, -0.05) is 17.8 Å². The first kappa shape index (κ1) is 18.1.